The monoisotopic (exact) mass is 225 g/mol. The van der Waals surface area contributed by atoms with Gasteiger partial charge in [-0.1, -0.05) is 12.1 Å². The lowest BCUT2D eigenvalue weighted by Gasteiger charge is -2.21. The lowest BCUT2D eigenvalue weighted by molar-refractivity contribution is 0.645. The number of benzene rings is 1. The van der Waals surface area contributed by atoms with Gasteiger partial charge >= 0.3 is 0 Å². The molecule has 0 radical (unpaired) electrons. The first kappa shape index (κ1) is 10.3. The highest BCUT2D eigenvalue weighted by molar-refractivity contribution is 5.64. The molecule has 1 aromatic heterocycles. The SMILES string of the molecule is c1cncc(Nc2cccc3c2CNCC3)c1. The predicted octanol–water partition coefficient (Wildman–Crippen LogP) is 2.47. The van der Waals surface area contributed by atoms with Crippen molar-refractivity contribution in [2.24, 2.45) is 0 Å². The lowest BCUT2D eigenvalue weighted by Crippen LogP contribution is -2.24. The van der Waals surface area contributed by atoms with Gasteiger partial charge in [0.2, 0.25) is 0 Å². The van der Waals surface area contributed by atoms with Crippen LogP contribution in [0.3, 0.4) is 0 Å². The standard InChI is InChI=1S/C14H15N3/c1-3-11-6-8-16-10-13(11)14(5-1)17-12-4-2-7-15-9-12/h1-5,7,9,16-17H,6,8,10H2. The first-order chi connectivity index (χ1) is 8.43. The second-order valence-corrected chi connectivity index (χ2v) is 4.24. The molecule has 0 unspecified atom stereocenters. The third-order valence-electron chi connectivity index (χ3n) is 3.09. The Balaban J connectivity index is 1.93. The van der Waals surface area contributed by atoms with Crippen molar-refractivity contribution in [3.05, 3.63) is 53.9 Å². The second-order valence-electron chi connectivity index (χ2n) is 4.24. The van der Waals surface area contributed by atoms with Crippen molar-refractivity contribution in [1.82, 2.24) is 10.3 Å². The van der Waals surface area contributed by atoms with E-state index in [2.05, 4.69) is 33.8 Å². The highest BCUT2D eigenvalue weighted by Crippen LogP contribution is 2.25. The summed E-state index contributed by atoms with van der Waals surface area (Å²) in [6.45, 7) is 2.02. The highest BCUT2D eigenvalue weighted by Gasteiger charge is 2.12. The number of hydrogen-bond donors (Lipinski definition) is 2. The number of anilines is 2. The maximum atomic E-state index is 4.11. The minimum Gasteiger partial charge on any atom is -0.354 e. The third-order valence-corrected chi connectivity index (χ3v) is 3.09. The van der Waals surface area contributed by atoms with Gasteiger partial charge in [0.15, 0.2) is 0 Å². The van der Waals surface area contributed by atoms with Crippen LogP contribution in [0.4, 0.5) is 11.4 Å². The van der Waals surface area contributed by atoms with Crippen molar-refractivity contribution in [3.63, 3.8) is 0 Å². The van der Waals surface area contributed by atoms with Crippen LogP contribution >= 0.6 is 0 Å². The van der Waals surface area contributed by atoms with E-state index in [1.54, 1.807) is 6.20 Å². The molecule has 86 valence electrons. The molecule has 3 rings (SSSR count). The van der Waals surface area contributed by atoms with Crippen LogP contribution in [0, 0.1) is 0 Å². The molecular weight excluding hydrogens is 210 g/mol. The van der Waals surface area contributed by atoms with Crippen LogP contribution < -0.4 is 10.6 Å². The lowest BCUT2D eigenvalue weighted by atomic mass is 9.99. The number of pyridine rings is 1. The van der Waals surface area contributed by atoms with E-state index in [4.69, 9.17) is 0 Å². The minimum atomic E-state index is 0.943. The van der Waals surface area contributed by atoms with Gasteiger partial charge in [-0.15, -0.1) is 0 Å². The van der Waals surface area contributed by atoms with Crippen molar-refractivity contribution >= 4 is 11.4 Å². The van der Waals surface area contributed by atoms with E-state index in [-0.39, 0.29) is 0 Å². The summed E-state index contributed by atoms with van der Waals surface area (Å²) in [4.78, 5) is 4.11. The summed E-state index contributed by atoms with van der Waals surface area (Å²) in [7, 11) is 0. The zero-order chi connectivity index (χ0) is 11.5. The Bertz CT molecular complexity index is 508. The van der Waals surface area contributed by atoms with Gasteiger partial charge < -0.3 is 10.6 Å². The summed E-state index contributed by atoms with van der Waals surface area (Å²) < 4.78 is 0. The zero-order valence-electron chi connectivity index (χ0n) is 9.61. The van der Waals surface area contributed by atoms with Gasteiger partial charge in [-0.05, 0) is 42.3 Å². The molecule has 0 fully saturated rings. The third kappa shape index (κ3) is 2.15. The fourth-order valence-corrected chi connectivity index (χ4v) is 2.22. The molecule has 17 heavy (non-hydrogen) atoms. The van der Waals surface area contributed by atoms with Crippen LogP contribution in [0.15, 0.2) is 42.7 Å². The molecule has 2 aromatic rings. The fraction of sp³-hybridized carbons (Fsp3) is 0.214. The number of aromatic nitrogens is 1. The summed E-state index contributed by atoms with van der Waals surface area (Å²) in [6.07, 6.45) is 4.74. The Morgan fingerprint density at radius 1 is 1.18 bits per heavy atom. The van der Waals surface area contributed by atoms with Gasteiger partial charge in [0.25, 0.3) is 0 Å². The summed E-state index contributed by atoms with van der Waals surface area (Å²) >= 11 is 0. The molecule has 2 heterocycles. The molecule has 1 aliphatic heterocycles. The summed E-state index contributed by atoms with van der Waals surface area (Å²) in [5.74, 6) is 0. The van der Waals surface area contributed by atoms with Gasteiger partial charge in [-0.3, -0.25) is 4.98 Å². The summed E-state index contributed by atoms with van der Waals surface area (Å²) in [5.41, 5.74) is 5.04. The van der Waals surface area contributed by atoms with Crippen LogP contribution in [0.5, 0.6) is 0 Å². The number of nitrogens with zero attached hydrogens (tertiary/aromatic N) is 1. The molecule has 0 saturated carbocycles. The first-order valence-electron chi connectivity index (χ1n) is 5.92. The van der Waals surface area contributed by atoms with Crippen molar-refractivity contribution in [3.8, 4) is 0 Å². The molecule has 3 nitrogen and oxygen atoms in total. The molecule has 0 bridgehead atoms. The Morgan fingerprint density at radius 2 is 2.18 bits per heavy atom. The molecule has 0 saturated heterocycles. The number of nitrogens with one attached hydrogen (secondary N) is 2. The quantitative estimate of drug-likeness (QED) is 0.824. The van der Waals surface area contributed by atoms with Crippen molar-refractivity contribution in [2.45, 2.75) is 13.0 Å². The van der Waals surface area contributed by atoms with E-state index in [0.717, 1.165) is 25.2 Å². The van der Waals surface area contributed by atoms with Crippen molar-refractivity contribution < 1.29 is 0 Å². The predicted molar refractivity (Wildman–Crippen MR) is 69.4 cm³/mol. The number of rotatable bonds is 2. The van der Waals surface area contributed by atoms with E-state index in [0.29, 0.717) is 0 Å². The Kier molecular flexibility index (Phi) is 2.76. The van der Waals surface area contributed by atoms with Crippen LogP contribution in [0.2, 0.25) is 0 Å². The van der Waals surface area contributed by atoms with E-state index >= 15 is 0 Å². The summed E-state index contributed by atoms with van der Waals surface area (Å²) in [5, 5.41) is 6.84. The second kappa shape index (κ2) is 4.55. The van der Waals surface area contributed by atoms with Gasteiger partial charge in [0, 0.05) is 18.4 Å². The molecule has 0 amide bonds. The molecule has 2 N–H and O–H groups in total. The molecular formula is C14H15N3. The first-order valence-corrected chi connectivity index (χ1v) is 5.92. The Hall–Kier alpha value is -1.87. The summed E-state index contributed by atoms with van der Waals surface area (Å²) in [6, 6.07) is 10.4. The molecule has 1 aliphatic rings. The average molecular weight is 225 g/mol. The van der Waals surface area contributed by atoms with Gasteiger partial charge in [0.05, 0.1) is 11.9 Å². The molecule has 0 spiro atoms. The fourth-order valence-electron chi connectivity index (χ4n) is 2.22. The van der Waals surface area contributed by atoms with Crippen molar-refractivity contribution in [1.29, 1.82) is 0 Å². The van der Waals surface area contributed by atoms with Crippen LogP contribution in [0.25, 0.3) is 0 Å². The largest absolute Gasteiger partial charge is 0.354 e. The average Bonchev–Trinajstić information content (AvgIpc) is 2.40. The van der Waals surface area contributed by atoms with Gasteiger partial charge in [0.1, 0.15) is 0 Å². The highest BCUT2D eigenvalue weighted by atomic mass is 14.9. The zero-order valence-corrected chi connectivity index (χ0v) is 9.61. The van der Waals surface area contributed by atoms with E-state index in [9.17, 15) is 0 Å². The minimum absolute atomic E-state index is 0.943. The molecule has 3 heteroatoms. The topological polar surface area (TPSA) is 37.0 Å². The van der Waals surface area contributed by atoms with E-state index in [1.807, 2.05) is 18.3 Å². The maximum absolute atomic E-state index is 4.11. The van der Waals surface area contributed by atoms with Crippen LogP contribution in [-0.2, 0) is 13.0 Å². The Morgan fingerprint density at radius 3 is 3.06 bits per heavy atom. The molecule has 0 atom stereocenters. The normalized spacial score (nSPS) is 14.1. The van der Waals surface area contributed by atoms with Crippen molar-refractivity contribution in [2.75, 3.05) is 11.9 Å². The maximum Gasteiger partial charge on any atom is 0.0570 e. The molecule has 1 aromatic carbocycles. The smallest absolute Gasteiger partial charge is 0.0570 e. The van der Waals surface area contributed by atoms with Gasteiger partial charge in [-0.25, -0.2) is 0 Å². The Labute approximate surface area is 101 Å². The number of hydrogen-bond acceptors (Lipinski definition) is 3. The van der Waals surface area contributed by atoms with Gasteiger partial charge in [-0.2, -0.15) is 0 Å². The van der Waals surface area contributed by atoms with E-state index < -0.39 is 0 Å². The number of fused-ring (bicyclic) bond motifs is 1. The molecule has 0 aliphatic carbocycles. The van der Waals surface area contributed by atoms with Crippen LogP contribution in [0.1, 0.15) is 11.1 Å². The van der Waals surface area contributed by atoms with Crippen LogP contribution in [-0.4, -0.2) is 11.5 Å². The van der Waals surface area contributed by atoms with E-state index in [1.165, 1.54) is 16.8 Å².